The maximum absolute atomic E-state index is 4.28. The van der Waals surface area contributed by atoms with Crippen molar-refractivity contribution in [3.63, 3.8) is 0 Å². The quantitative estimate of drug-likeness (QED) is 0.166. The van der Waals surface area contributed by atoms with E-state index in [9.17, 15) is 0 Å². The summed E-state index contributed by atoms with van der Waals surface area (Å²) in [4.78, 5) is 17.0. The van der Waals surface area contributed by atoms with Gasteiger partial charge in [-0.15, -0.1) is 71.8 Å². The van der Waals surface area contributed by atoms with Crippen LogP contribution in [0, 0.1) is 24.3 Å². The minimum Gasteiger partial charge on any atom is -0.315 e. The summed E-state index contributed by atoms with van der Waals surface area (Å²) < 4.78 is 0. The Morgan fingerprint density at radius 3 is 0.886 bits per heavy atom. The first-order chi connectivity index (χ1) is 20.9. The third-order valence-electron chi connectivity index (χ3n) is 5.93. The molecule has 0 N–H and O–H groups in total. The second-order valence-corrected chi connectivity index (χ2v) is 8.82. The molecule has 0 bridgehead atoms. The van der Waals surface area contributed by atoms with Crippen molar-refractivity contribution in [3.8, 4) is 45.0 Å². The van der Waals surface area contributed by atoms with Gasteiger partial charge in [0.25, 0.3) is 0 Å². The predicted molar refractivity (Wildman–Crippen MR) is 168 cm³/mol. The van der Waals surface area contributed by atoms with Crippen LogP contribution < -0.4 is 0 Å². The summed E-state index contributed by atoms with van der Waals surface area (Å²) in [5.41, 5.74) is 7.71. The maximum atomic E-state index is 4.28. The van der Waals surface area contributed by atoms with Gasteiger partial charge in [0.1, 0.15) is 0 Å². The van der Waals surface area contributed by atoms with Crippen molar-refractivity contribution in [3.05, 3.63) is 183 Å². The molecule has 0 saturated heterocycles. The van der Waals surface area contributed by atoms with Crippen molar-refractivity contribution >= 4 is 0 Å². The minimum atomic E-state index is 0. The Kier molecular flexibility index (Phi) is 14.8. The van der Waals surface area contributed by atoms with Crippen LogP contribution in [0.2, 0.25) is 0 Å². The molecule has 4 heterocycles. The normalized spacial score (nSPS) is 9.45. The molecule has 0 radical (unpaired) electrons. The number of hydrogen-bond acceptors (Lipinski definition) is 4. The summed E-state index contributed by atoms with van der Waals surface area (Å²) in [5.74, 6) is 0. The van der Waals surface area contributed by atoms with Gasteiger partial charge in [-0.2, -0.15) is 0 Å². The zero-order valence-corrected chi connectivity index (χ0v) is 28.0. The van der Waals surface area contributed by atoms with Gasteiger partial charge in [0.15, 0.2) is 0 Å². The molecule has 0 aliphatic rings. The van der Waals surface area contributed by atoms with E-state index in [0.29, 0.717) is 0 Å². The molecule has 0 saturated carbocycles. The van der Waals surface area contributed by atoms with Crippen molar-refractivity contribution in [1.29, 1.82) is 0 Å². The van der Waals surface area contributed by atoms with Gasteiger partial charge in [-0.3, -0.25) is 0 Å². The summed E-state index contributed by atoms with van der Waals surface area (Å²) in [6, 6.07) is 55.5. The topological polar surface area (TPSA) is 51.6 Å². The van der Waals surface area contributed by atoms with E-state index in [1.54, 1.807) is 24.8 Å². The van der Waals surface area contributed by atoms with E-state index in [1.807, 2.05) is 133 Å². The van der Waals surface area contributed by atoms with Crippen LogP contribution in [0.15, 0.2) is 158 Å². The van der Waals surface area contributed by atoms with Gasteiger partial charge in [0.2, 0.25) is 0 Å². The number of nitrogens with zero attached hydrogens (tertiary/aromatic N) is 4. The molecule has 0 atom stereocenters. The molecule has 0 aliphatic heterocycles. The Hall–Kier alpha value is -4.36. The van der Waals surface area contributed by atoms with Crippen molar-refractivity contribution in [2.24, 2.45) is 0 Å². The van der Waals surface area contributed by atoms with Crippen molar-refractivity contribution in [2.45, 2.75) is 0 Å². The number of hydrogen-bond donors (Lipinski definition) is 0. The smallest absolute Gasteiger partial charge is 0.315 e. The summed E-state index contributed by atoms with van der Waals surface area (Å²) in [6.07, 6.45) is 7.12. The van der Waals surface area contributed by atoms with Gasteiger partial charge >= 0.3 is 42.1 Å². The molecule has 7 rings (SSSR count). The molecule has 4 aromatic heterocycles. The molecule has 6 heteroatoms. The van der Waals surface area contributed by atoms with Crippen LogP contribution in [-0.2, 0) is 42.1 Å². The van der Waals surface area contributed by atoms with Crippen LogP contribution in [-0.4, -0.2) is 19.9 Å². The van der Waals surface area contributed by atoms with Gasteiger partial charge < -0.3 is 19.9 Å². The van der Waals surface area contributed by atoms with Crippen LogP contribution >= 0.6 is 0 Å². The Balaban J connectivity index is 0.000000182. The van der Waals surface area contributed by atoms with E-state index < -0.39 is 0 Å². The third-order valence-corrected chi connectivity index (χ3v) is 5.93. The maximum Gasteiger partial charge on any atom is 2.00 e. The van der Waals surface area contributed by atoms with Gasteiger partial charge in [0, 0.05) is 24.8 Å². The van der Waals surface area contributed by atoms with E-state index >= 15 is 0 Å². The SMILES string of the molecule is [Pt+2].[Pt+2].[c-]1cc(-c2ccccn2)[c-]cc1-c1ccccn1.[c-]1ccccc1-c1ccccn1.[c-]1ccccc1-c1ccccn1. The Bertz CT molecular complexity index is 1520. The van der Waals surface area contributed by atoms with Crippen molar-refractivity contribution in [1.82, 2.24) is 19.9 Å². The molecule has 4 nitrogen and oxygen atoms in total. The number of aromatic nitrogens is 4. The molecule has 44 heavy (non-hydrogen) atoms. The fourth-order valence-electron chi connectivity index (χ4n) is 3.87. The predicted octanol–water partition coefficient (Wildman–Crippen LogP) is 8.50. The van der Waals surface area contributed by atoms with E-state index in [-0.39, 0.29) is 42.1 Å². The summed E-state index contributed by atoms with van der Waals surface area (Å²) in [7, 11) is 0. The van der Waals surface area contributed by atoms with Gasteiger partial charge in [-0.1, -0.05) is 59.9 Å². The molecule has 3 aromatic carbocycles. The summed E-state index contributed by atoms with van der Waals surface area (Å²) in [6.45, 7) is 0. The summed E-state index contributed by atoms with van der Waals surface area (Å²) >= 11 is 0. The van der Waals surface area contributed by atoms with Crippen LogP contribution in [0.1, 0.15) is 0 Å². The first-order valence-electron chi connectivity index (χ1n) is 13.4. The second kappa shape index (κ2) is 19.0. The Morgan fingerprint density at radius 2 is 0.636 bits per heavy atom. The third kappa shape index (κ3) is 10.4. The summed E-state index contributed by atoms with van der Waals surface area (Å²) in [5, 5.41) is 0. The van der Waals surface area contributed by atoms with Gasteiger partial charge in [-0.05, 0) is 35.7 Å². The molecule has 7 aromatic rings. The van der Waals surface area contributed by atoms with E-state index in [2.05, 4.69) is 44.2 Å². The first kappa shape index (κ1) is 34.1. The fourth-order valence-corrected chi connectivity index (χ4v) is 3.87. The van der Waals surface area contributed by atoms with Crippen molar-refractivity contribution in [2.75, 3.05) is 0 Å². The van der Waals surface area contributed by atoms with Crippen LogP contribution in [0.3, 0.4) is 0 Å². The molecular formula is C38H26N4Pt2. The molecular weight excluding hydrogens is 903 g/mol. The average Bonchev–Trinajstić information content (AvgIpc) is 3.11. The zero-order valence-electron chi connectivity index (χ0n) is 23.4. The molecule has 0 spiro atoms. The second-order valence-electron chi connectivity index (χ2n) is 8.82. The molecule has 0 amide bonds. The zero-order chi connectivity index (χ0) is 28.7. The Morgan fingerprint density at radius 1 is 0.318 bits per heavy atom. The molecule has 0 fully saturated rings. The Labute approximate surface area is 287 Å². The minimum absolute atomic E-state index is 0. The van der Waals surface area contributed by atoms with E-state index in [4.69, 9.17) is 0 Å². The molecule has 0 aliphatic carbocycles. The average molecular weight is 929 g/mol. The molecule has 218 valence electrons. The van der Waals surface area contributed by atoms with Crippen molar-refractivity contribution < 1.29 is 42.1 Å². The van der Waals surface area contributed by atoms with Crippen LogP contribution in [0.25, 0.3) is 45.0 Å². The molecule has 0 unspecified atom stereocenters. The fraction of sp³-hybridized carbons (Fsp3) is 0. The van der Waals surface area contributed by atoms with E-state index in [0.717, 1.165) is 45.0 Å². The largest absolute Gasteiger partial charge is 2.00 e. The van der Waals surface area contributed by atoms with E-state index in [1.165, 1.54) is 0 Å². The number of pyridine rings is 4. The van der Waals surface area contributed by atoms with Gasteiger partial charge in [0.05, 0.1) is 0 Å². The van der Waals surface area contributed by atoms with Gasteiger partial charge in [-0.25, -0.2) is 35.4 Å². The standard InChI is InChI=1S/C16H10N2.2C11H8N.2Pt/c1-3-11-17-15(5-1)13-7-9-14(10-8-13)16-6-2-4-12-18-16;2*1-2-6-10(7-3-1)11-8-4-5-9-12-11;;/h1-7,10-12H;2*1-6,8-9H;;/q-2;2*-1;2*+2. The van der Waals surface area contributed by atoms with Crippen LogP contribution in [0.4, 0.5) is 0 Å². The number of rotatable bonds is 4. The first-order valence-corrected chi connectivity index (χ1v) is 13.4. The number of benzene rings is 3. The van der Waals surface area contributed by atoms with Crippen LogP contribution in [0.5, 0.6) is 0 Å². The monoisotopic (exact) mass is 928 g/mol.